The summed E-state index contributed by atoms with van der Waals surface area (Å²) in [5, 5.41) is 7.22. The number of carbonyl (C=O) groups is 1. The van der Waals surface area contributed by atoms with Crippen molar-refractivity contribution in [3.63, 3.8) is 0 Å². The predicted octanol–water partition coefficient (Wildman–Crippen LogP) is 3.98. The first-order chi connectivity index (χ1) is 11.6. The van der Waals surface area contributed by atoms with Crippen molar-refractivity contribution in [2.75, 3.05) is 4.90 Å². The van der Waals surface area contributed by atoms with Crippen molar-refractivity contribution in [2.24, 2.45) is 0 Å². The number of nitrogens with one attached hydrogen (secondary N) is 1. The molecule has 1 aromatic heterocycles. The highest BCUT2D eigenvalue weighted by atomic mass is 16.2. The van der Waals surface area contributed by atoms with E-state index in [0.717, 1.165) is 23.4 Å². The van der Waals surface area contributed by atoms with Gasteiger partial charge in [0.25, 0.3) is 5.91 Å². The normalized spacial score (nSPS) is 16.2. The Labute approximate surface area is 141 Å². The minimum atomic E-state index is -0.0293. The summed E-state index contributed by atoms with van der Waals surface area (Å²) in [5.41, 5.74) is 5.74. The van der Waals surface area contributed by atoms with Gasteiger partial charge in [0.1, 0.15) is 5.69 Å². The molecule has 2 aromatic carbocycles. The third kappa shape index (κ3) is 2.40. The number of fused-ring (bicyclic) bond motifs is 1. The van der Waals surface area contributed by atoms with Crippen LogP contribution in [0.1, 0.15) is 28.5 Å². The summed E-state index contributed by atoms with van der Waals surface area (Å²) >= 11 is 0. The molecule has 120 valence electrons. The molecule has 4 nitrogen and oxygen atoms in total. The number of carbonyl (C=O) groups excluding carboxylic acids is 1. The Balaban J connectivity index is 1.65. The van der Waals surface area contributed by atoms with Gasteiger partial charge in [0.05, 0.1) is 5.69 Å². The highest BCUT2D eigenvalue weighted by Crippen LogP contribution is 2.33. The van der Waals surface area contributed by atoms with Crippen LogP contribution in [0.15, 0.2) is 54.6 Å². The number of rotatable bonds is 2. The molecule has 1 amide bonds. The minimum Gasteiger partial charge on any atom is -0.304 e. The molecule has 1 aliphatic heterocycles. The first kappa shape index (κ1) is 14.7. The number of para-hydroxylation sites is 1. The van der Waals surface area contributed by atoms with Gasteiger partial charge in [-0.1, -0.05) is 48.0 Å². The molecule has 0 unspecified atom stereocenters. The average Bonchev–Trinajstić information content (AvgIpc) is 3.19. The summed E-state index contributed by atoms with van der Waals surface area (Å²) in [4.78, 5) is 14.8. The third-order valence-corrected chi connectivity index (χ3v) is 4.58. The van der Waals surface area contributed by atoms with E-state index in [2.05, 4.69) is 30.1 Å². The summed E-state index contributed by atoms with van der Waals surface area (Å²) in [6, 6.07) is 18.2. The summed E-state index contributed by atoms with van der Waals surface area (Å²) < 4.78 is 0. The Morgan fingerprint density at radius 2 is 1.92 bits per heavy atom. The van der Waals surface area contributed by atoms with Crippen molar-refractivity contribution in [1.82, 2.24) is 10.2 Å². The van der Waals surface area contributed by atoms with Crippen LogP contribution < -0.4 is 4.90 Å². The smallest absolute Gasteiger partial charge is 0.276 e. The largest absolute Gasteiger partial charge is 0.304 e. The number of benzene rings is 2. The van der Waals surface area contributed by atoms with Crippen LogP contribution in [0.4, 0.5) is 5.69 Å². The molecule has 24 heavy (non-hydrogen) atoms. The maximum Gasteiger partial charge on any atom is 0.276 e. The van der Waals surface area contributed by atoms with Gasteiger partial charge < -0.3 is 4.90 Å². The lowest BCUT2D eigenvalue weighted by Crippen LogP contribution is -2.35. The fourth-order valence-corrected chi connectivity index (χ4v) is 3.31. The van der Waals surface area contributed by atoms with E-state index in [9.17, 15) is 4.79 Å². The second-order valence-electron chi connectivity index (χ2n) is 6.39. The van der Waals surface area contributed by atoms with Crippen LogP contribution in [0.3, 0.4) is 0 Å². The van der Waals surface area contributed by atoms with E-state index in [1.165, 1.54) is 11.1 Å². The molecular weight excluding hydrogens is 298 g/mol. The number of H-pyrrole nitrogens is 1. The number of nitrogens with zero attached hydrogens (tertiary/aromatic N) is 2. The average molecular weight is 317 g/mol. The first-order valence-electron chi connectivity index (χ1n) is 8.17. The second-order valence-corrected chi connectivity index (χ2v) is 6.39. The van der Waals surface area contributed by atoms with Crippen molar-refractivity contribution >= 4 is 11.6 Å². The van der Waals surface area contributed by atoms with Crippen LogP contribution in [0.25, 0.3) is 11.3 Å². The van der Waals surface area contributed by atoms with E-state index >= 15 is 0 Å². The van der Waals surface area contributed by atoms with E-state index in [-0.39, 0.29) is 11.9 Å². The molecule has 4 rings (SSSR count). The van der Waals surface area contributed by atoms with Crippen LogP contribution in [0, 0.1) is 6.92 Å². The number of amides is 1. The molecule has 1 atom stereocenters. The van der Waals surface area contributed by atoms with E-state index in [1.807, 2.05) is 53.4 Å². The van der Waals surface area contributed by atoms with Gasteiger partial charge in [-0.3, -0.25) is 9.89 Å². The zero-order chi connectivity index (χ0) is 16.7. The van der Waals surface area contributed by atoms with Crippen molar-refractivity contribution in [3.05, 3.63) is 71.4 Å². The molecule has 1 N–H and O–H groups in total. The highest BCUT2D eigenvalue weighted by molar-refractivity contribution is 6.07. The quantitative estimate of drug-likeness (QED) is 0.777. The lowest BCUT2D eigenvalue weighted by Gasteiger charge is -2.21. The lowest BCUT2D eigenvalue weighted by atomic mass is 10.1. The predicted molar refractivity (Wildman–Crippen MR) is 95.2 cm³/mol. The second kappa shape index (κ2) is 5.64. The zero-order valence-electron chi connectivity index (χ0n) is 13.8. The Morgan fingerprint density at radius 1 is 1.17 bits per heavy atom. The molecule has 0 aliphatic carbocycles. The van der Waals surface area contributed by atoms with Gasteiger partial charge in [0.2, 0.25) is 0 Å². The number of aromatic amines is 1. The number of hydrogen-bond donors (Lipinski definition) is 1. The summed E-state index contributed by atoms with van der Waals surface area (Å²) in [5.74, 6) is -0.0293. The summed E-state index contributed by atoms with van der Waals surface area (Å²) in [6.07, 6.45) is 0.890. The molecule has 0 radical (unpaired) electrons. The van der Waals surface area contributed by atoms with E-state index < -0.39 is 0 Å². The maximum atomic E-state index is 13.0. The molecule has 0 spiro atoms. The Hall–Kier alpha value is -2.88. The van der Waals surface area contributed by atoms with Crippen LogP contribution in [-0.4, -0.2) is 22.1 Å². The molecule has 2 heterocycles. The van der Waals surface area contributed by atoms with E-state index in [1.54, 1.807) is 0 Å². The van der Waals surface area contributed by atoms with Crippen LogP contribution in [-0.2, 0) is 6.42 Å². The van der Waals surface area contributed by atoms with Gasteiger partial charge in [-0.2, -0.15) is 5.10 Å². The van der Waals surface area contributed by atoms with E-state index in [4.69, 9.17) is 0 Å². The SMILES string of the molecule is Cc1ccc(-c2cc(C(=O)N3c4ccccc4C[C@H]3C)[nH]n2)cc1. The van der Waals surface area contributed by atoms with Gasteiger partial charge in [0, 0.05) is 17.3 Å². The molecule has 3 aromatic rings. The monoisotopic (exact) mass is 317 g/mol. The zero-order valence-corrected chi connectivity index (χ0v) is 13.8. The minimum absolute atomic E-state index is 0.0293. The van der Waals surface area contributed by atoms with Crippen LogP contribution >= 0.6 is 0 Å². The molecule has 0 saturated heterocycles. The summed E-state index contributed by atoms with van der Waals surface area (Å²) in [7, 11) is 0. The standard InChI is InChI=1S/C20H19N3O/c1-13-7-9-15(10-8-13)17-12-18(22-21-17)20(24)23-14(2)11-16-5-3-4-6-19(16)23/h3-10,12,14H,11H2,1-2H3,(H,21,22)/t14-/m1/s1. The molecule has 1 aliphatic rings. The number of aryl methyl sites for hydroxylation is 1. The molecular formula is C20H19N3O. The lowest BCUT2D eigenvalue weighted by molar-refractivity contribution is 0.0976. The summed E-state index contributed by atoms with van der Waals surface area (Å²) in [6.45, 7) is 4.13. The van der Waals surface area contributed by atoms with Crippen LogP contribution in [0.2, 0.25) is 0 Å². The van der Waals surface area contributed by atoms with Gasteiger partial charge in [-0.25, -0.2) is 0 Å². The fraction of sp³-hybridized carbons (Fsp3) is 0.200. The van der Waals surface area contributed by atoms with Crippen molar-refractivity contribution in [3.8, 4) is 11.3 Å². The third-order valence-electron chi connectivity index (χ3n) is 4.58. The van der Waals surface area contributed by atoms with Crippen LogP contribution in [0.5, 0.6) is 0 Å². The number of hydrogen-bond acceptors (Lipinski definition) is 2. The number of anilines is 1. The van der Waals surface area contributed by atoms with Gasteiger partial charge in [-0.05, 0) is 38.0 Å². The maximum absolute atomic E-state index is 13.0. The molecule has 4 heteroatoms. The van der Waals surface area contributed by atoms with Crippen molar-refractivity contribution < 1.29 is 4.79 Å². The van der Waals surface area contributed by atoms with Gasteiger partial charge >= 0.3 is 0 Å². The molecule has 0 bridgehead atoms. The van der Waals surface area contributed by atoms with E-state index in [0.29, 0.717) is 5.69 Å². The van der Waals surface area contributed by atoms with Crippen molar-refractivity contribution in [1.29, 1.82) is 0 Å². The first-order valence-corrected chi connectivity index (χ1v) is 8.17. The Kier molecular flexibility index (Phi) is 3.45. The topological polar surface area (TPSA) is 49.0 Å². The Bertz CT molecular complexity index is 895. The number of aromatic nitrogens is 2. The van der Waals surface area contributed by atoms with Crippen molar-refractivity contribution in [2.45, 2.75) is 26.3 Å². The molecule has 0 saturated carbocycles. The highest BCUT2D eigenvalue weighted by Gasteiger charge is 2.32. The van der Waals surface area contributed by atoms with Gasteiger partial charge in [-0.15, -0.1) is 0 Å². The Morgan fingerprint density at radius 3 is 2.71 bits per heavy atom. The van der Waals surface area contributed by atoms with Gasteiger partial charge in [0.15, 0.2) is 0 Å². The fourth-order valence-electron chi connectivity index (χ4n) is 3.31. The molecule has 0 fully saturated rings.